The number of hydrogen-bond acceptors (Lipinski definition) is 3. The third kappa shape index (κ3) is 3.77. The van der Waals surface area contributed by atoms with Crippen molar-refractivity contribution < 1.29 is 9.50 Å². The van der Waals surface area contributed by atoms with Gasteiger partial charge in [0.2, 0.25) is 0 Å². The maximum Gasteiger partial charge on any atom is 0.127 e. The van der Waals surface area contributed by atoms with Gasteiger partial charge in [0.05, 0.1) is 6.61 Å². The topological polar surface area (TPSA) is 35.5 Å². The smallest absolute Gasteiger partial charge is 0.127 e. The Kier molecular flexibility index (Phi) is 5.11. The molecule has 1 aromatic carbocycles. The van der Waals surface area contributed by atoms with Gasteiger partial charge in [-0.05, 0) is 25.5 Å². The molecule has 1 fully saturated rings. The first kappa shape index (κ1) is 13.5. The molecule has 1 atom stereocenters. The molecule has 1 saturated heterocycles. The van der Waals surface area contributed by atoms with Crippen LogP contribution in [0.25, 0.3) is 0 Å². The maximum atomic E-state index is 13.6. The van der Waals surface area contributed by atoms with Crippen molar-refractivity contribution in [2.24, 2.45) is 0 Å². The van der Waals surface area contributed by atoms with E-state index in [2.05, 4.69) is 10.2 Å². The van der Waals surface area contributed by atoms with Gasteiger partial charge in [-0.1, -0.05) is 18.2 Å². The van der Waals surface area contributed by atoms with Gasteiger partial charge in [-0.25, -0.2) is 4.39 Å². The molecule has 18 heavy (non-hydrogen) atoms. The van der Waals surface area contributed by atoms with Crippen LogP contribution < -0.4 is 5.32 Å². The van der Waals surface area contributed by atoms with Crippen LogP contribution in [0.1, 0.15) is 18.4 Å². The van der Waals surface area contributed by atoms with Crippen molar-refractivity contribution in [2.45, 2.75) is 25.4 Å². The van der Waals surface area contributed by atoms with Crippen LogP contribution in [0, 0.1) is 5.82 Å². The minimum atomic E-state index is -0.167. The number of benzene rings is 1. The Bertz CT molecular complexity index is 367. The van der Waals surface area contributed by atoms with Gasteiger partial charge in [0, 0.05) is 31.2 Å². The predicted molar refractivity (Wildman–Crippen MR) is 69.8 cm³/mol. The molecular weight excluding hydrogens is 231 g/mol. The van der Waals surface area contributed by atoms with Crippen molar-refractivity contribution in [3.05, 3.63) is 35.6 Å². The Morgan fingerprint density at radius 3 is 2.89 bits per heavy atom. The minimum absolute atomic E-state index is 0.112. The van der Waals surface area contributed by atoms with Crippen molar-refractivity contribution >= 4 is 0 Å². The van der Waals surface area contributed by atoms with Crippen molar-refractivity contribution in [1.82, 2.24) is 10.2 Å². The van der Waals surface area contributed by atoms with Crippen LogP contribution in [0.3, 0.4) is 0 Å². The second-order valence-electron chi connectivity index (χ2n) is 4.84. The summed E-state index contributed by atoms with van der Waals surface area (Å²) in [7, 11) is 0. The van der Waals surface area contributed by atoms with Gasteiger partial charge in [-0.2, -0.15) is 0 Å². The van der Waals surface area contributed by atoms with Crippen LogP contribution in [-0.4, -0.2) is 42.3 Å². The van der Waals surface area contributed by atoms with Crippen LogP contribution in [0.2, 0.25) is 0 Å². The highest BCUT2D eigenvalue weighted by Crippen LogP contribution is 2.12. The van der Waals surface area contributed by atoms with Crippen molar-refractivity contribution in [2.75, 3.05) is 26.2 Å². The van der Waals surface area contributed by atoms with Gasteiger partial charge >= 0.3 is 0 Å². The molecule has 0 saturated carbocycles. The number of halogens is 1. The molecule has 4 heteroatoms. The summed E-state index contributed by atoms with van der Waals surface area (Å²) in [6, 6.07) is 7.32. The largest absolute Gasteiger partial charge is 0.395 e. The summed E-state index contributed by atoms with van der Waals surface area (Å²) in [5.41, 5.74) is 0.698. The first-order valence-electron chi connectivity index (χ1n) is 6.59. The Balaban J connectivity index is 1.94. The average molecular weight is 252 g/mol. The molecule has 0 aliphatic carbocycles. The molecule has 1 aliphatic heterocycles. The summed E-state index contributed by atoms with van der Waals surface area (Å²) >= 11 is 0. The number of nitrogens with zero attached hydrogens (tertiary/aromatic N) is 1. The van der Waals surface area contributed by atoms with Crippen LogP contribution in [0.15, 0.2) is 24.3 Å². The van der Waals surface area contributed by atoms with Gasteiger partial charge in [0.1, 0.15) is 5.82 Å². The van der Waals surface area contributed by atoms with E-state index in [1.807, 2.05) is 12.1 Å². The highest BCUT2D eigenvalue weighted by Gasteiger charge is 2.18. The molecule has 2 rings (SSSR count). The number of rotatable bonds is 6. The second-order valence-corrected chi connectivity index (χ2v) is 4.84. The van der Waals surface area contributed by atoms with E-state index in [4.69, 9.17) is 5.11 Å². The fraction of sp³-hybridized carbons (Fsp3) is 0.571. The summed E-state index contributed by atoms with van der Waals surface area (Å²) < 4.78 is 13.6. The van der Waals surface area contributed by atoms with E-state index in [9.17, 15) is 4.39 Å². The molecule has 0 bridgehead atoms. The van der Waals surface area contributed by atoms with Crippen LogP contribution in [-0.2, 0) is 6.54 Å². The van der Waals surface area contributed by atoms with E-state index in [1.165, 1.54) is 18.9 Å². The maximum absolute atomic E-state index is 13.6. The van der Waals surface area contributed by atoms with Gasteiger partial charge < -0.3 is 10.4 Å². The monoisotopic (exact) mass is 252 g/mol. The van der Waals surface area contributed by atoms with E-state index in [0.29, 0.717) is 24.7 Å². The van der Waals surface area contributed by atoms with Crippen molar-refractivity contribution in [3.63, 3.8) is 0 Å². The van der Waals surface area contributed by atoms with E-state index in [0.717, 1.165) is 13.1 Å². The predicted octanol–water partition coefficient (Wildman–Crippen LogP) is 1.37. The molecule has 0 radical (unpaired) electrons. The molecule has 3 nitrogen and oxygen atoms in total. The summed E-state index contributed by atoms with van der Waals surface area (Å²) in [5, 5.41) is 12.5. The molecule has 1 heterocycles. The number of nitrogens with one attached hydrogen (secondary N) is 1. The number of aliphatic hydroxyl groups excluding tert-OH is 1. The normalized spacial score (nSPS) is 19.6. The molecule has 100 valence electrons. The van der Waals surface area contributed by atoms with E-state index in [-0.39, 0.29) is 12.4 Å². The van der Waals surface area contributed by atoms with Gasteiger partial charge in [0.25, 0.3) is 0 Å². The third-order valence-corrected chi connectivity index (χ3v) is 3.41. The van der Waals surface area contributed by atoms with E-state index >= 15 is 0 Å². The highest BCUT2D eigenvalue weighted by molar-refractivity contribution is 5.17. The zero-order valence-corrected chi connectivity index (χ0v) is 10.6. The number of hydrogen-bond donors (Lipinski definition) is 2. The summed E-state index contributed by atoms with van der Waals surface area (Å²) in [6.45, 7) is 3.20. The lowest BCUT2D eigenvalue weighted by Crippen LogP contribution is -2.38. The molecular formula is C14H21FN2O. The first-order valence-corrected chi connectivity index (χ1v) is 6.59. The van der Waals surface area contributed by atoms with Gasteiger partial charge in [-0.15, -0.1) is 0 Å². The van der Waals surface area contributed by atoms with Crippen LogP contribution in [0.5, 0.6) is 0 Å². The molecule has 1 unspecified atom stereocenters. The van der Waals surface area contributed by atoms with Crippen LogP contribution in [0.4, 0.5) is 4.39 Å². The van der Waals surface area contributed by atoms with Crippen molar-refractivity contribution in [1.29, 1.82) is 0 Å². The van der Waals surface area contributed by atoms with Crippen LogP contribution >= 0.6 is 0 Å². The lowest BCUT2D eigenvalue weighted by molar-refractivity contribution is 0.177. The lowest BCUT2D eigenvalue weighted by atomic mass is 10.1. The molecule has 0 amide bonds. The third-order valence-electron chi connectivity index (χ3n) is 3.41. The Hall–Kier alpha value is -0.970. The Morgan fingerprint density at radius 1 is 1.39 bits per heavy atom. The zero-order chi connectivity index (χ0) is 12.8. The summed E-state index contributed by atoms with van der Waals surface area (Å²) in [5.74, 6) is -0.167. The quantitative estimate of drug-likeness (QED) is 0.802. The number of aliphatic hydroxyl groups is 1. The van der Waals surface area contributed by atoms with Crippen molar-refractivity contribution in [3.8, 4) is 0 Å². The van der Waals surface area contributed by atoms with Gasteiger partial charge in [0.15, 0.2) is 0 Å². The van der Waals surface area contributed by atoms with E-state index < -0.39 is 0 Å². The van der Waals surface area contributed by atoms with E-state index in [1.54, 1.807) is 6.07 Å². The fourth-order valence-corrected chi connectivity index (χ4v) is 2.47. The molecule has 0 aromatic heterocycles. The fourth-order valence-electron chi connectivity index (χ4n) is 2.47. The molecule has 1 aliphatic rings. The minimum Gasteiger partial charge on any atom is -0.395 e. The lowest BCUT2D eigenvalue weighted by Gasteiger charge is -2.25. The standard InChI is InChI=1S/C14H21FN2O/c15-14-6-2-1-4-12(14)10-17(8-9-18)11-13-5-3-7-16-13/h1-2,4,6,13,16,18H,3,5,7-11H2. The molecule has 1 aromatic rings. The second kappa shape index (κ2) is 6.83. The summed E-state index contributed by atoms with van der Waals surface area (Å²) in [6.07, 6.45) is 2.37. The SMILES string of the molecule is OCCN(Cc1ccccc1F)CC1CCCN1. The molecule has 0 spiro atoms. The highest BCUT2D eigenvalue weighted by atomic mass is 19.1. The van der Waals surface area contributed by atoms with Gasteiger partial charge in [-0.3, -0.25) is 4.90 Å². The first-order chi connectivity index (χ1) is 8.79. The Morgan fingerprint density at radius 2 is 2.22 bits per heavy atom. The average Bonchev–Trinajstić information content (AvgIpc) is 2.85. The molecule has 2 N–H and O–H groups in total. The summed E-state index contributed by atoms with van der Waals surface area (Å²) in [4.78, 5) is 2.11. The zero-order valence-electron chi connectivity index (χ0n) is 10.6. The Labute approximate surface area is 108 Å².